The molecule has 0 aliphatic heterocycles. The van der Waals surface area contributed by atoms with Gasteiger partial charge in [0, 0.05) is 14.0 Å². The summed E-state index contributed by atoms with van der Waals surface area (Å²) in [6.07, 6.45) is 9.00. The summed E-state index contributed by atoms with van der Waals surface area (Å²) < 4.78 is 4.40. The Labute approximate surface area is 137 Å². The topological polar surface area (TPSA) is 115 Å². The van der Waals surface area contributed by atoms with Gasteiger partial charge in [0.2, 0.25) is 0 Å². The van der Waals surface area contributed by atoms with Crippen LogP contribution in [0.4, 0.5) is 0 Å². The number of hydrogen-bond acceptors (Lipinski definition) is 4. The molecule has 0 unspecified atom stereocenters. The van der Waals surface area contributed by atoms with Gasteiger partial charge in [0.25, 0.3) is 6.47 Å². The molecule has 0 aromatic carbocycles. The molecule has 0 aromatic rings. The smallest absolute Gasteiger partial charge is 0.302 e. The Morgan fingerprint density at radius 3 is 1.33 bits per heavy atom. The van der Waals surface area contributed by atoms with Gasteiger partial charge in [-0.3, -0.25) is 9.59 Å². The monoisotopic (exact) mass is 352 g/mol. The zero-order valence-electron chi connectivity index (χ0n) is 13.1. The Kier molecular flexibility index (Phi) is 65.9. The predicted molar refractivity (Wildman–Crippen MR) is 87.0 cm³/mol. The van der Waals surface area contributed by atoms with Crippen LogP contribution in [0.15, 0.2) is 0 Å². The normalized spacial score (nSPS) is 10.8. The van der Waals surface area contributed by atoms with Gasteiger partial charge in [0.15, 0.2) is 0 Å². The highest BCUT2D eigenvalue weighted by molar-refractivity contribution is 6.40. The van der Waals surface area contributed by atoms with Crippen molar-refractivity contribution in [3.05, 3.63) is 0 Å². The maximum absolute atomic E-state index is 9.82. The Balaban J connectivity index is -0.0000000538. The van der Waals surface area contributed by atoms with Crippen LogP contribution in [0.5, 0.6) is 0 Å². The van der Waals surface area contributed by atoms with Crippen molar-refractivity contribution in [2.45, 2.75) is 52.4 Å². The highest BCUT2D eigenvalue weighted by atomic mass is 35.5. The van der Waals surface area contributed by atoms with Crippen LogP contribution in [-0.2, 0) is 14.3 Å². The maximum atomic E-state index is 9.82. The highest BCUT2D eigenvalue weighted by Crippen LogP contribution is 2.15. The standard InChI is InChI=1S/C6H12.C4H8O2.CH2Cl2.CH2O2.CH4O.H2O/c1-2-4-6-5-3-1;1-3-6-4(2)5;2*2-1-3;1-2;/h1-6H2;3H2,1-2H3;1H2;1H,(H,2,3);2H,1H3;1H2. The van der Waals surface area contributed by atoms with Crippen LogP contribution in [-0.4, -0.2) is 47.2 Å². The Morgan fingerprint density at radius 2 is 1.29 bits per heavy atom. The summed E-state index contributed by atoms with van der Waals surface area (Å²) in [5.41, 5.74) is 0. The van der Waals surface area contributed by atoms with Crippen molar-refractivity contribution < 1.29 is 30.0 Å². The van der Waals surface area contributed by atoms with Gasteiger partial charge in [-0.2, -0.15) is 0 Å². The Hall–Kier alpha value is -0.560. The van der Waals surface area contributed by atoms with Gasteiger partial charge in [0.05, 0.1) is 11.9 Å². The third-order valence-corrected chi connectivity index (χ3v) is 1.85. The second kappa shape index (κ2) is 42.7. The molecular formula is C13H30Cl2O6. The minimum atomic E-state index is -0.250. The molecule has 1 aliphatic carbocycles. The molecule has 8 heteroatoms. The molecule has 0 heterocycles. The molecule has 1 aliphatic rings. The number of carbonyl (C=O) groups excluding carboxylic acids is 1. The van der Waals surface area contributed by atoms with E-state index in [1.54, 1.807) is 6.92 Å². The molecule has 6 nitrogen and oxygen atoms in total. The second-order valence-corrected chi connectivity index (χ2v) is 4.06. The molecular weight excluding hydrogens is 323 g/mol. The number of halogens is 2. The molecule has 0 saturated heterocycles. The summed E-state index contributed by atoms with van der Waals surface area (Å²) in [7, 11) is 1.00. The van der Waals surface area contributed by atoms with Crippen molar-refractivity contribution >= 4 is 35.6 Å². The van der Waals surface area contributed by atoms with Crippen molar-refractivity contribution in [2.24, 2.45) is 0 Å². The van der Waals surface area contributed by atoms with E-state index in [2.05, 4.69) is 4.74 Å². The van der Waals surface area contributed by atoms with Gasteiger partial charge in [-0.1, -0.05) is 38.5 Å². The third kappa shape index (κ3) is 83.0. The van der Waals surface area contributed by atoms with Crippen molar-refractivity contribution in [1.29, 1.82) is 0 Å². The first-order valence-electron chi connectivity index (χ1n) is 6.38. The second-order valence-electron chi connectivity index (χ2n) is 3.25. The minimum Gasteiger partial charge on any atom is -0.483 e. The van der Waals surface area contributed by atoms with Crippen molar-refractivity contribution in [2.75, 3.05) is 19.1 Å². The molecule has 0 radical (unpaired) electrons. The van der Waals surface area contributed by atoms with Crippen molar-refractivity contribution in [3.63, 3.8) is 0 Å². The molecule has 0 spiro atoms. The molecule has 0 atom stereocenters. The van der Waals surface area contributed by atoms with Gasteiger partial charge in [0.1, 0.15) is 0 Å². The fraction of sp³-hybridized carbons (Fsp3) is 0.846. The van der Waals surface area contributed by atoms with E-state index in [0.717, 1.165) is 7.11 Å². The number of aliphatic hydroxyl groups is 1. The molecule has 0 aromatic heterocycles. The van der Waals surface area contributed by atoms with Crippen LogP contribution >= 0.6 is 23.2 Å². The van der Waals surface area contributed by atoms with E-state index in [4.69, 9.17) is 38.2 Å². The van der Waals surface area contributed by atoms with E-state index in [0.29, 0.717) is 6.61 Å². The average Bonchev–Trinajstić information content (AvgIpc) is 2.45. The molecule has 132 valence electrons. The van der Waals surface area contributed by atoms with Gasteiger partial charge >= 0.3 is 5.97 Å². The number of carbonyl (C=O) groups is 2. The molecule has 0 amide bonds. The lowest BCUT2D eigenvalue weighted by molar-refractivity contribution is -0.140. The largest absolute Gasteiger partial charge is 0.483 e. The zero-order chi connectivity index (χ0) is 16.6. The summed E-state index contributed by atoms with van der Waals surface area (Å²) in [5, 5.41) is 14.1. The first-order chi connectivity index (χ1) is 9.60. The van der Waals surface area contributed by atoms with E-state index in [-0.39, 0.29) is 23.3 Å². The lowest BCUT2D eigenvalue weighted by atomic mass is 10.0. The van der Waals surface area contributed by atoms with Gasteiger partial charge in [-0.25, -0.2) is 0 Å². The minimum absolute atomic E-state index is 0. The number of carboxylic acid groups (broad SMARTS) is 1. The predicted octanol–water partition coefficient (Wildman–Crippen LogP) is 2.82. The number of hydrogen-bond donors (Lipinski definition) is 2. The summed E-state index contributed by atoms with van der Waals surface area (Å²) >= 11 is 9.53. The Morgan fingerprint density at radius 1 is 1.10 bits per heavy atom. The van der Waals surface area contributed by atoms with Gasteiger partial charge in [-0.05, 0) is 6.92 Å². The lowest BCUT2D eigenvalue weighted by Crippen LogP contribution is -1.95. The number of esters is 1. The summed E-state index contributed by atoms with van der Waals surface area (Å²) in [5.74, 6) is -0.211. The SMILES string of the molecule is C1CCCCC1.CCOC(C)=O.CO.ClCCl.O.O=CO. The van der Waals surface area contributed by atoms with Crippen LogP contribution in [0.3, 0.4) is 0 Å². The van der Waals surface area contributed by atoms with Crippen molar-refractivity contribution in [1.82, 2.24) is 0 Å². The maximum Gasteiger partial charge on any atom is 0.302 e. The van der Waals surface area contributed by atoms with Crippen molar-refractivity contribution in [3.8, 4) is 0 Å². The summed E-state index contributed by atoms with van der Waals surface area (Å²) in [6, 6.07) is 0. The Bertz CT molecular complexity index is 155. The average molecular weight is 353 g/mol. The van der Waals surface area contributed by atoms with Gasteiger partial charge in [-0.15, -0.1) is 23.2 Å². The molecule has 1 fully saturated rings. The number of ether oxygens (including phenoxy) is 1. The van der Waals surface area contributed by atoms with Crippen LogP contribution in [0, 0.1) is 0 Å². The van der Waals surface area contributed by atoms with Crippen LogP contribution < -0.4 is 0 Å². The molecule has 1 rings (SSSR count). The fourth-order valence-electron chi connectivity index (χ4n) is 1.26. The summed E-state index contributed by atoms with van der Waals surface area (Å²) in [6.45, 7) is 3.40. The first-order valence-corrected chi connectivity index (χ1v) is 7.45. The van der Waals surface area contributed by atoms with Crippen LogP contribution in [0.1, 0.15) is 52.4 Å². The van der Waals surface area contributed by atoms with Gasteiger partial charge < -0.3 is 20.4 Å². The first kappa shape index (κ1) is 32.4. The summed E-state index contributed by atoms with van der Waals surface area (Å²) in [4.78, 5) is 18.2. The zero-order valence-corrected chi connectivity index (χ0v) is 14.6. The molecule has 1 saturated carbocycles. The molecule has 0 bridgehead atoms. The van der Waals surface area contributed by atoms with E-state index >= 15 is 0 Å². The number of aliphatic hydroxyl groups excluding tert-OH is 1. The lowest BCUT2D eigenvalue weighted by Gasteiger charge is -2.05. The van der Waals surface area contributed by atoms with E-state index in [1.807, 2.05) is 0 Å². The molecule has 21 heavy (non-hydrogen) atoms. The quantitative estimate of drug-likeness (QED) is 0.427. The third-order valence-electron chi connectivity index (χ3n) is 1.85. The van der Waals surface area contributed by atoms with E-state index in [9.17, 15) is 4.79 Å². The highest BCUT2D eigenvalue weighted by Gasteiger charge is 1.95. The molecule has 4 N–H and O–H groups in total. The van der Waals surface area contributed by atoms with E-state index in [1.165, 1.54) is 45.4 Å². The van der Waals surface area contributed by atoms with E-state index < -0.39 is 0 Å². The number of rotatable bonds is 1. The van der Waals surface area contributed by atoms with Crippen LogP contribution in [0.25, 0.3) is 0 Å². The fourth-order valence-corrected chi connectivity index (χ4v) is 1.26. The van der Waals surface area contributed by atoms with Crippen LogP contribution in [0.2, 0.25) is 0 Å². The number of alkyl halides is 2.